The average molecular weight is 281 g/mol. The first-order valence-corrected chi connectivity index (χ1v) is 6.53. The van der Waals surface area contributed by atoms with Crippen molar-refractivity contribution in [3.63, 3.8) is 0 Å². The van der Waals surface area contributed by atoms with Crippen molar-refractivity contribution in [3.8, 4) is 0 Å². The van der Waals surface area contributed by atoms with Crippen LogP contribution < -0.4 is 0 Å². The molecule has 6 heteroatoms. The fraction of sp³-hybridized carbons (Fsp3) is 0.429. The molecule has 1 unspecified atom stereocenters. The van der Waals surface area contributed by atoms with E-state index in [0.717, 1.165) is 12.5 Å². The predicted molar refractivity (Wildman–Crippen MR) is 70.1 cm³/mol. The molecular formula is C14H17F2N3O. The molecule has 2 rings (SSSR count). The van der Waals surface area contributed by atoms with Gasteiger partial charge in [-0.2, -0.15) is 5.10 Å². The fourth-order valence-corrected chi connectivity index (χ4v) is 2.06. The molecule has 108 valence electrons. The topological polar surface area (TPSA) is 50.9 Å². The van der Waals surface area contributed by atoms with Gasteiger partial charge in [0.1, 0.15) is 23.8 Å². The number of aliphatic hydroxyl groups is 1. The monoisotopic (exact) mass is 281 g/mol. The second-order valence-corrected chi connectivity index (χ2v) is 4.74. The number of aryl methyl sites for hydroxylation is 2. The van der Waals surface area contributed by atoms with Crippen LogP contribution in [0.4, 0.5) is 8.78 Å². The zero-order valence-corrected chi connectivity index (χ0v) is 11.5. The molecule has 4 nitrogen and oxygen atoms in total. The number of nitrogens with zero attached hydrogens (tertiary/aromatic N) is 3. The molecule has 20 heavy (non-hydrogen) atoms. The minimum absolute atomic E-state index is 0.0787. The molecule has 1 atom stereocenters. The van der Waals surface area contributed by atoms with Crippen LogP contribution in [0.25, 0.3) is 0 Å². The van der Waals surface area contributed by atoms with E-state index >= 15 is 0 Å². The summed E-state index contributed by atoms with van der Waals surface area (Å²) in [5.41, 5.74) is 0.380. The Morgan fingerprint density at radius 1 is 1.30 bits per heavy atom. The third-order valence-electron chi connectivity index (χ3n) is 3.14. The maximum absolute atomic E-state index is 13.7. The van der Waals surface area contributed by atoms with Gasteiger partial charge < -0.3 is 5.11 Å². The highest BCUT2D eigenvalue weighted by atomic mass is 19.1. The highest BCUT2D eigenvalue weighted by Crippen LogP contribution is 2.23. The van der Waals surface area contributed by atoms with Gasteiger partial charge in [0.25, 0.3) is 0 Å². The van der Waals surface area contributed by atoms with Crippen LogP contribution in [0.3, 0.4) is 0 Å². The van der Waals surface area contributed by atoms with Crippen molar-refractivity contribution >= 4 is 0 Å². The first kappa shape index (κ1) is 14.6. The maximum atomic E-state index is 13.7. The van der Waals surface area contributed by atoms with E-state index in [-0.39, 0.29) is 12.0 Å². The number of aromatic nitrogens is 3. The lowest BCUT2D eigenvalue weighted by atomic mass is 10.0. The van der Waals surface area contributed by atoms with Gasteiger partial charge in [-0.25, -0.2) is 13.8 Å². The second kappa shape index (κ2) is 6.09. The molecule has 0 spiro atoms. The Morgan fingerprint density at radius 3 is 2.75 bits per heavy atom. The van der Waals surface area contributed by atoms with Crippen LogP contribution in [0.15, 0.2) is 18.5 Å². The van der Waals surface area contributed by atoms with Crippen LogP contribution in [0.2, 0.25) is 0 Å². The molecule has 0 aliphatic heterocycles. The fourth-order valence-electron chi connectivity index (χ4n) is 2.06. The zero-order valence-electron chi connectivity index (χ0n) is 11.5. The standard InChI is InChI=1S/C14H17F2N3O/c1-3-4-19-14(17-8-18-19)7-13(20)10-5-9(2)11(15)6-12(10)16/h5-6,8,13,20H,3-4,7H2,1-2H3. The van der Waals surface area contributed by atoms with Crippen molar-refractivity contribution in [2.75, 3.05) is 0 Å². The lowest BCUT2D eigenvalue weighted by Crippen LogP contribution is -2.12. The first-order chi connectivity index (χ1) is 9.52. The molecule has 0 aliphatic carbocycles. The quantitative estimate of drug-likeness (QED) is 0.916. The van der Waals surface area contributed by atoms with Crippen LogP contribution >= 0.6 is 0 Å². The van der Waals surface area contributed by atoms with Crippen molar-refractivity contribution in [1.29, 1.82) is 0 Å². The van der Waals surface area contributed by atoms with Gasteiger partial charge in [0, 0.05) is 24.6 Å². The summed E-state index contributed by atoms with van der Waals surface area (Å²) in [6, 6.07) is 2.13. The van der Waals surface area contributed by atoms with Crippen LogP contribution in [-0.2, 0) is 13.0 Å². The molecule has 0 fully saturated rings. The summed E-state index contributed by atoms with van der Waals surface area (Å²) in [5.74, 6) is -0.782. The number of hydrogen-bond acceptors (Lipinski definition) is 3. The third-order valence-corrected chi connectivity index (χ3v) is 3.14. The van der Waals surface area contributed by atoms with E-state index < -0.39 is 17.7 Å². The van der Waals surface area contributed by atoms with Crippen molar-refractivity contribution in [1.82, 2.24) is 14.8 Å². The van der Waals surface area contributed by atoms with Crippen molar-refractivity contribution in [3.05, 3.63) is 47.0 Å². The van der Waals surface area contributed by atoms with Gasteiger partial charge in [-0.3, -0.25) is 4.68 Å². The smallest absolute Gasteiger partial charge is 0.138 e. The van der Waals surface area contributed by atoms with Gasteiger partial charge in [-0.15, -0.1) is 0 Å². The summed E-state index contributed by atoms with van der Waals surface area (Å²) < 4.78 is 28.6. The highest BCUT2D eigenvalue weighted by Gasteiger charge is 2.18. The summed E-state index contributed by atoms with van der Waals surface area (Å²) in [5, 5.41) is 14.2. The Kier molecular flexibility index (Phi) is 4.44. The van der Waals surface area contributed by atoms with Gasteiger partial charge in [-0.05, 0) is 25.0 Å². The van der Waals surface area contributed by atoms with E-state index in [1.165, 1.54) is 19.3 Å². The predicted octanol–water partition coefficient (Wildman–Crippen LogP) is 2.55. The molecule has 0 bridgehead atoms. The largest absolute Gasteiger partial charge is 0.388 e. The maximum Gasteiger partial charge on any atom is 0.138 e. The molecule has 1 aromatic carbocycles. The number of halogens is 2. The van der Waals surface area contributed by atoms with Gasteiger partial charge in [0.15, 0.2) is 0 Å². The van der Waals surface area contributed by atoms with Crippen LogP contribution in [0, 0.1) is 18.6 Å². The van der Waals surface area contributed by atoms with E-state index in [2.05, 4.69) is 10.1 Å². The summed E-state index contributed by atoms with van der Waals surface area (Å²) in [6.45, 7) is 4.22. The van der Waals surface area contributed by atoms with E-state index in [1.807, 2.05) is 6.92 Å². The Bertz CT molecular complexity index is 598. The molecule has 0 radical (unpaired) electrons. The minimum Gasteiger partial charge on any atom is -0.388 e. The van der Waals surface area contributed by atoms with Gasteiger partial charge in [-0.1, -0.05) is 6.92 Å². The molecule has 0 amide bonds. The Hall–Kier alpha value is -1.82. The molecule has 1 heterocycles. The number of hydrogen-bond donors (Lipinski definition) is 1. The van der Waals surface area contributed by atoms with Crippen molar-refractivity contribution < 1.29 is 13.9 Å². The molecule has 0 aliphatic rings. The number of aliphatic hydroxyl groups excluding tert-OH is 1. The molecule has 2 aromatic rings. The van der Waals surface area contributed by atoms with Crippen molar-refractivity contribution in [2.45, 2.75) is 39.3 Å². The number of benzene rings is 1. The Morgan fingerprint density at radius 2 is 2.05 bits per heavy atom. The molecule has 1 N–H and O–H groups in total. The molecular weight excluding hydrogens is 264 g/mol. The van der Waals surface area contributed by atoms with Gasteiger partial charge in [0.05, 0.1) is 6.10 Å². The summed E-state index contributed by atoms with van der Waals surface area (Å²) in [6.07, 6.45) is 1.36. The van der Waals surface area contributed by atoms with Crippen LogP contribution in [0.5, 0.6) is 0 Å². The zero-order chi connectivity index (χ0) is 14.7. The first-order valence-electron chi connectivity index (χ1n) is 6.53. The normalized spacial score (nSPS) is 12.7. The van der Waals surface area contributed by atoms with E-state index in [4.69, 9.17) is 0 Å². The minimum atomic E-state index is -1.07. The lowest BCUT2D eigenvalue weighted by Gasteiger charge is -2.13. The van der Waals surface area contributed by atoms with Gasteiger partial charge >= 0.3 is 0 Å². The van der Waals surface area contributed by atoms with Crippen LogP contribution in [-0.4, -0.2) is 19.9 Å². The number of rotatable bonds is 5. The van der Waals surface area contributed by atoms with E-state index in [9.17, 15) is 13.9 Å². The molecule has 0 saturated heterocycles. The highest BCUT2D eigenvalue weighted by molar-refractivity contribution is 5.27. The molecule has 1 aromatic heterocycles. The van der Waals surface area contributed by atoms with Crippen molar-refractivity contribution in [2.24, 2.45) is 0 Å². The average Bonchev–Trinajstić information content (AvgIpc) is 2.81. The SMILES string of the molecule is CCCn1ncnc1CC(O)c1cc(C)c(F)cc1F. The Labute approximate surface area is 116 Å². The van der Waals surface area contributed by atoms with E-state index in [0.29, 0.717) is 17.9 Å². The Balaban J connectivity index is 2.21. The summed E-state index contributed by atoms with van der Waals surface area (Å²) in [7, 11) is 0. The second-order valence-electron chi connectivity index (χ2n) is 4.74. The van der Waals surface area contributed by atoms with Gasteiger partial charge in [0.2, 0.25) is 0 Å². The van der Waals surface area contributed by atoms with E-state index in [1.54, 1.807) is 4.68 Å². The third kappa shape index (κ3) is 3.01. The van der Waals surface area contributed by atoms with Crippen LogP contribution in [0.1, 0.15) is 36.4 Å². The lowest BCUT2D eigenvalue weighted by molar-refractivity contribution is 0.169. The molecule has 0 saturated carbocycles. The summed E-state index contributed by atoms with van der Waals surface area (Å²) in [4.78, 5) is 4.07. The summed E-state index contributed by atoms with van der Waals surface area (Å²) >= 11 is 0.